The number of ether oxygens (including phenoxy) is 1. The van der Waals surface area contributed by atoms with Crippen LogP contribution in [0.25, 0.3) is 0 Å². The van der Waals surface area contributed by atoms with Crippen LogP contribution in [-0.4, -0.2) is 25.9 Å². The molecule has 0 spiro atoms. The molecule has 0 saturated carbocycles. The Labute approximate surface area is 91.6 Å². The van der Waals surface area contributed by atoms with Crippen LogP contribution in [0.15, 0.2) is 23.0 Å². The van der Waals surface area contributed by atoms with E-state index in [1.165, 1.54) is 0 Å². The number of alkyl halides is 3. The van der Waals surface area contributed by atoms with E-state index < -0.39 is 12.6 Å². The van der Waals surface area contributed by atoms with Crippen molar-refractivity contribution in [1.82, 2.24) is 5.32 Å². The molecule has 0 saturated heterocycles. The Morgan fingerprint density at radius 3 is 2.75 bits per heavy atom. The Kier molecular flexibility index (Phi) is 5.34. The van der Waals surface area contributed by atoms with Gasteiger partial charge in [-0.05, 0) is 6.07 Å². The van der Waals surface area contributed by atoms with Gasteiger partial charge in [0.25, 0.3) is 0 Å². The lowest BCUT2D eigenvalue weighted by molar-refractivity contribution is -0.145. The topological polar surface area (TPSA) is 34.4 Å². The molecule has 0 aliphatic heterocycles. The largest absolute Gasteiger partial charge is 0.472 e. The summed E-state index contributed by atoms with van der Waals surface area (Å²) in [7, 11) is 0. The van der Waals surface area contributed by atoms with Crippen LogP contribution in [0.2, 0.25) is 0 Å². The summed E-state index contributed by atoms with van der Waals surface area (Å²) in [6.07, 6.45) is -1.85. The second kappa shape index (κ2) is 6.55. The quantitative estimate of drug-likeness (QED) is 0.739. The third kappa shape index (κ3) is 6.47. The molecule has 0 radical (unpaired) electrons. The molecular weight excluding hydrogens is 223 g/mol. The summed E-state index contributed by atoms with van der Waals surface area (Å²) in [6, 6.07) is 1.82. The Morgan fingerprint density at radius 2 is 2.12 bits per heavy atom. The third-order valence-electron chi connectivity index (χ3n) is 1.86. The fourth-order valence-corrected chi connectivity index (χ4v) is 1.06. The van der Waals surface area contributed by atoms with Crippen LogP contribution in [0.1, 0.15) is 12.0 Å². The molecule has 0 amide bonds. The lowest BCUT2D eigenvalue weighted by Gasteiger charge is -2.07. The summed E-state index contributed by atoms with van der Waals surface area (Å²) >= 11 is 0. The molecule has 0 atom stereocenters. The first-order valence-corrected chi connectivity index (χ1v) is 4.94. The molecule has 0 aliphatic carbocycles. The first-order valence-electron chi connectivity index (χ1n) is 4.94. The number of halogens is 3. The van der Waals surface area contributed by atoms with Gasteiger partial charge in [-0.15, -0.1) is 0 Å². The van der Waals surface area contributed by atoms with Gasteiger partial charge in [0.2, 0.25) is 0 Å². The fourth-order valence-electron chi connectivity index (χ4n) is 1.06. The number of nitrogens with one attached hydrogen (secondary N) is 1. The zero-order chi connectivity index (χ0) is 11.9. The van der Waals surface area contributed by atoms with Crippen LogP contribution in [0.5, 0.6) is 0 Å². The van der Waals surface area contributed by atoms with Gasteiger partial charge in [-0.1, -0.05) is 0 Å². The zero-order valence-corrected chi connectivity index (χ0v) is 8.72. The Morgan fingerprint density at radius 1 is 1.31 bits per heavy atom. The van der Waals surface area contributed by atoms with Gasteiger partial charge < -0.3 is 14.5 Å². The monoisotopic (exact) mass is 237 g/mol. The highest BCUT2D eigenvalue weighted by atomic mass is 19.4. The van der Waals surface area contributed by atoms with E-state index in [9.17, 15) is 13.2 Å². The van der Waals surface area contributed by atoms with Gasteiger partial charge in [-0.2, -0.15) is 13.2 Å². The Hall–Kier alpha value is -1.01. The van der Waals surface area contributed by atoms with Gasteiger partial charge in [-0.25, -0.2) is 0 Å². The maximum absolute atomic E-state index is 11.7. The molecule has 1 aromatic heterocycles. The van der Waals surface area contributed by atoms with Crippen LogP contribution in [-0.2, 0) is 11.3 Å². The van der Waals surface area contributed by atoms with Crippen molar-refractivity contribution in [3.63, 3.8) is 0 Å². The van der Waals surface area contributed by atoms with E-state index in [1.807, 2.05) is 6.07 Å². The number of furan rings is 1. The summed E-state index contributed by atoms with van der Waals surface area (Å²) in [5.74, 6) is 0. The fraction of sp³-hybridized carbons (Fsp3) is 0.600. The van der Waals surface area contributed by atoms with Gasteiger partial charge in [-0.3, -0.25) is 0 Å². The molecule has 3 nitrogen and oxygen atoms in total. The molecule has 1 rings (SSSR count). The lowest BCUT2D eigenvalue weighted by Crippen LogP contribution is -2.20. The van der Waals surface area contributed by atoms with Crippen molar-refractivity contribution in [2.75, 3.05) is 19.8 Å². The molecule has 0 unspecified atom stereocenters. The predicted octanol–water partition coefficient (Wildman–Crippen LogP) is 2.34. The minimum absolute atomic E-state index is 0.272. The first-order chi connectivity index (χ1) is 7.58. The van der Waals surface area contributed by atoms with Crippen LogP contribution < -0.4 is 5.32 Å². The van der Waals surface area contributed by atoms with Crippen LogP contribution in [0, 0.1) is 0 Å². The van der Waals surface area contributed by atoms with Gasteiger partial charge in [0.05, 0.1) is 32.2 Å². The third-order valence-corrected chi connectivity index (χ3v) is 1.86. The van der Waals surface area contributed by atoms with Gasteiger partial charge in [0, 0.05) is 18.7 Å². The van der Waals surface area contributed by atoms with Crippen molar-refractivity contribution in [2.45, 2.75) is 19.1 Å². The molecule has 6 heteroatoms. The summed E-state index contributed by atoms with van der Waals surface area (Å²) in [5.41, 5.74) is 0.996. The highest BCUT2D eigenvalue weighted by molar-refractivity contribution is 5.04. The molecule has 0 aliphatic rings. The summed E-state index contributed by atoms with van der Waals surface area (Å²) in [5, 5.41) is 3.02. The van der Waals surface area contributed by atoms with Gasteiger partial charge in [0.15, 0.2) is 0 Å². The van der Waals surface area contributed by atoms with Crippen LogP contribution >= 0.6 is 0 Å². The molecule has 0 bridgehead atoms. The average molecular weight is 237 g/mol. The van der Waals surface area contributed by atoms with E-state index in [4.69, 9.17) is 9.15 Å². The van der Waals surface area contributed by atoms with Crippen molar-refractivity contribution in [3.05, 3.63) is 24.2 Å². The SMILES string of the molecule is FC(F)(F)CCOCCNCc1ccoc1. The zero-order valence-electron chi connectivity index (χ0n) is 8.72. The van der Waals surface area contributed by atoms with Crippen molar-refractivity contribution in [3.8, 4) is 0 Å². The van der Waals surface area contributed by atoms with Crippen molar-refractivity contribution >= 4 is 0 Å². The van der Waals surface area contributed by atoms with E-state index in [0.29, 0.717) is 13.1 Å². The summed E-state index contributed by atoms with van der Waals surface area (Å²) in [4.78, 5) is 0. The van der Waals surface area contributed by atoms with E-state index in [1.54, 1.807) is 12.5 Å². The highest BCUT2D eigenvalue weighted by Gasteiger charge is 2.26. The predicted molar refractivity (Wildman–Crippen MR) is 51.9 cm³/mol. The summed E-state index contributed by atoms with van der Waals surface area (Å²) in [6.45, 7) is 1.13. The van der Waals surface area contributed by atoms with E-state index in [0.717, 1.165) is 5.56 Å². The van der Waals surface area contributed by atoms with E-state index >= 15 is 0 Å². The van der Waals surface area contributed by atoms with Crippen molar-refractivity contribution < 1.29 is 22.3 Å². The number of hydrogen-bond donors (Lipinski definition) is 1. The van der Waals surface area contributed by atoms with Gasteiger partial charge in [0.1, 0.15) is 0 Å². The molecule has 92 valence electrons. The first kappa shape index (κ1) is 13.1. The van der Waals surface area contributed by atoms with Crippen LogP contribution in [0.3, 0.4) is 0 Å². The maximum Gasteiger partial charge on any atom is 0.391 e. The van der Waals surface area contributed by atoms with Gasteiger partial charge >= 0.3 is 6.18 Å². The number of rotatable bonds is 7. The molecule has 1 N–H and O–H groups in total. The standard InChI is InChI=1S/C10H14F3NO2/c11-10(12,13)2-5-15-6-3-14-7-9-1-4-16-8-9/h1,4,8,14H,2-3,5-7H2. The lowest BCUT2D eigenvalue weighted by atomic mass is 10.3. The highest BCUT2D eigenvalue weighted by Crippen LogP contribution is 2.18. The number of hydrogen-bond acceptors (Lipinski definition) is 3. The van der Waals surface area contributed by atoms with Crippen molar-refractivity contribution in [2.24, 2.45) is 0 Å². The van der Waals surface area contributed by atoms with Crippen molar-refractivity contribution in [1.29, 1.82) is 0 Å². The molecule has 0 aromatic carbocycles. The Balaban J connectivity index is 1.89. The second-order valence-corrected chi connectivity index (χ2v) is 3.29. The van der Waals surface area contributed by atoms with E-state index in [-0.39, 0.29) is 13.2 Å². The second-order valence-electron chi connectivity index (χ2n) is 3.29. The molecule has 0 fully saturated rings. The normalized spacial score (nSPS) is 11.9. The average Bonchev–Trinajstić information content (AvgIpc) is 2.67. The molecule has 1 heterocycles. The minimum Gasteiger partial charge on any atom is -0.472 e. The van der Waals surface area contributed by atoms with E-state index in [2.05, 4.69) is 5.32 Å². The minimum atomic E-state index is -4.13. The molecule has 1 aromatic rings. The molecular formula is C10H14F3NO2. The molecule has 16 heavy (non-hydrogen) atoms. The maximum atomic E-state index is 11.7. The Bertz CT molecular complexity index is 272. The summed E-state index contributed by atoms with van der Waals surface area (Å²) < 4.78 is 44.8. The van der Waals surface area contributed by atoms with Crippen LogP contribution in [0.4, 0.5) is 13.2 Å². The smallest absolute Gasteiger partial charge is 0.391 e.